The van der Waals surface area contributed by atoms with Crippen molar-refractivity contribution in [3.63, 3.8) is 0 Å². The van der Waals surface area contributed by atoms with Crippen molar-refractivity contribution in [2.45, 2.75) is 6.54 Å². The Labute approximate surface area is 146 Å². The Kier molecular flexibility index (Phi) is 4.72. The van der Waals surface area contributed by atoms with Crippen LogP contribution in [0.3, 0.4) is 0 Å². The van der Waals surface area contributed by atoms with E-state index in [4.69, 9.17) is 14.7 Å². The molecule has 0 unspecified atom stereocenters. The van der Waals surface area contributed by atoms with Gasteiger partial charge in [0, 0.05) is 23.3 Å². The van der Waals surface area contributed by atoms with Crippen LogP contribution < -0.4 is 19.9 Å². The molecule has 26 heavy (non-hydrogen) atoms. The Morgan fingerprint density at radius 2 is 2.00 bits per heavy atom. The predicted octanol–water partition coefficient (Wildman–Crippen LogP) is 2.02. The van der Waals surface area contributed by atoms with Gasteiger partial charge in [0.15, 0.2) is 6.61 Å². The Balaban J connectivity index is 2.01. The van der Waals surface area contributed by atoms with Crippen molar-refractivity contribution in [2.24, 2.45) is 0 Å². The van der Waals surface area contributed by atoms with E-state index >= 15 is 0 Å². The summed E-state index contributed by atoms with van der Waals surface area (Å²) in [6, 6.07) is 6.13. The molecule has 9 heteroatoms. The third-order valence-electron chi connectivity index (χ3n) is 3.93. The lowest BCUT2D eigenvalue weighted by Crippen LogP contribution is -2.39. The number of carbonyl (C=O) groups is 2. The normalized spacial score (nSPS) is 13.1. The first-order chi connectivity index (χ1) is 12.4. The van der Waals surface area contributed by atoms with Gasteiger partial charge >= 0.3 is 0 Å². The molecule has 0 aliphatic carbocycles. The van der Waals surface area contributed by atoms with Gasteiger partial charge in [0.25, 0.3) is 11.8 Å². The third kappa shape index (κ3) is 3.16. The molecule has 136 valence electrons. The summed E-state index contributed by atoms with van der Waals surface area (Å²) in [5, 5.41) is 8.75. The van der Waals surface area contributed by atoms with E-state index in [0.29, 0.717) is 0 Å². The SMILES string of the molecule is COc1cc(F)c(CN2C(=O)COc3ccc(C(=O)NO)cc32)c(F)c1. The number of ether oxygens (including phenoxy) is 2. The molecule has 0 radical (unpaired) electrons. The molecule has 0 fully saturated rings. The fourth-order valence-electron chi connectivity index (χ4n) is 2.59. The van der Waals surface area contributed by atoms with Gasteiger partial charge in [-0.05, 0) is 18.2 Å². The van der Waals surface area contributed by atoms with Gasteiger partial charge in [-0.1, -0.05) is 0 Å². The molecule has 1 aliphatic heterocycles. The number of hydrogen-bond donors (Lipinski definition) is 2. The van der Waals surface area contributed by atoms with Crippen LogP contribution in [0.5, 0.6) is 11.5 Å². The highest BCUT2D eigenvalue weighted by Gasteiger charge is 2.28. The number of anilines is 1. The van der Waals surface area contributed by atoms with Crippen molar-refractivity contribution in [3.8, 4) is 11.5 Å². The van der Waals surface area contributed by atoms with E-state index < -0.39 is 30.0 Å². The van der Waals surface area contributed by atoms with Gasteiger partial charge < -0.3 is 14.4 Å². The van der Waals surface area contributed by atoms with E-state index in [-0.39, 0.29) is 34.9 Å². The molecule has 2 aromatic carbocycles. The summed E-state index contributed by atoms with van der Waals surface area (Å²) in [6.45, 7) is -0.709. The number of nitrogens with zero attached hydrogens (tertiary/aromatic N) is 1. The van der Waals surface area contributed by atoms with E-state index in [2.05, 4.69) is 0 Å². The van der Waals surface area contributed by atoms with Gasteiger partial charge in [-0.15, -0.1) is 0 Å². The fourth-order valence-corrected chi connectivity index (χ4v) is 2.59. The highest BCUT2D eigenvalue weighted by molar-refractivity contribution is 6.01. The number of hydrogen-bond acceptors (Lipinski definition) is 5. The zero-order chi connectivity index (χ0) is 18.8. The molecule has 0 saturated carbocycles. The van der Waals surface area contributed by atoms with E-state index in [1.54, 1.807) is 0 Å². The van der Waals surface area contributed by atoms with Crippen molar-refractivity contribution in [3.05, 3.63) is 53.1 Å². The molecule has 1 heterocycles. The maximum Gasteiger partial charge on any atom is 0.274 e. The summed E-state index contributed by atoms with van der Waals surface area (Å²) >= 11 is 0. The van der Waals surface area contributed by atoms with Crippen molar-refractivity contribution in [1.29, 1.82) is 0 Å². The summed E-state index contributed by atoms with van der Waals surface area (Å²) in [4.78, 5) is 24.9. The van der Waals surface area contributed by atoms with Crippen molar-refractivity contribution < 1.29 is 33.1 Å². The van der Waals surface area contributed by atoms with Crippen molar-refractivity contribution in [1.82, 2.24) is 5.48 Å². The Morgan fingerprint density at radius 3 is 2.62 bits per heavy atom. The topological polar surface area (TPSA) is 88.1 Å². The van der Waals surface area contributed by atoms with Crippen molar-refractivity contribution in [2.75, 3.05) is 18.6 Å². The van der Waals surface area contributed by atoms with Gasteiger partial charge in [0.05, 0.1) is 19.3 Å². The monoisotopic (exact) mass is 364 g/mol. The molecule has 0 saturated heterocycles. The van der Waals surface area contributed by atoms with Crippen LogP contribution in [-0.4, -0.2) is 30.7 Å². The van der Waals surface area contributed by atoms with E-state index in [1.165, 1.54) is 30.8 Å². The molecule has 0 atom stereocenters. The number of carbonyl (C=O) groups excluding carboxylic acids is 2. The summed E-state index contributed by atoms with van der Waals surface area (Å²) in [5.41, 5.74) is 1.36. The van der Waals surface area contributed by atoms with Crippen LogP contribution in [0.2, 0.25) is 0 Å². The van der Waals surface area contributed by atoms with E-state index in [9.17, 15) is 18.4 Å². The van der Waals surface area contributed by atoms with Gasteiger partial charge in [0.2, 0.25) is 0 Å². The predicted molar refractivity (Wildman–Crippen MR) is 85.3 cm³/mol. The van der Waals surface area contributed by atoms with Gasteiger partial charge in [-0.25, -0.2) is 14.3 Å². The lowest BCUT2D eigenvalue weighted by atomic mass is 10.1. The summed E-state index contributed by atoms with van der Waals surface area (Å²) < 4.78 is 38.5. The summed E-state index contributed by atoms with van der Waals surface area (Å²) in [6.07, 6.45) is 0. The average molecular weight is 364 g/mol. The largest absolute Gasteiger partial charge is 0.497 e. The van der Waals surface area contributed by atoms with E-state index in [0.717, 1.165) is 17.0 Å². The molecule has 0 aromatic heterocycles. The lowest BCUT2D eigenvalue weighted by molar-refractivity contribution is -0.121. The van der Waals surface area contributed by atoms with E-state index in [1.807, 2.05) is 0 Å². The molecule has 0 bridgehead atoms. The molecule has 1 aliphatic rings. The molecular formula is C17H14F2N2O5. The number of amides is 2. The highest BCUT2D eigenvalue weighted by atomic mass is 19.1. The summed E-state index contributed by atoms with van der Waals surface area (Å²) in [7, 11) is 1.28. The van der Waals surface area contributed by atoms with Crippen LogP contribution in [0.4, 0.5) is 14.5 Å². The molecule has 7 nitrogen and oxygen atoms in total. The minimum atomic E-state index is -0.869. The number of rotatable bonds is 4. The lowest BCUT2D eigenvalue weighted by Gasteiger charge is -2.30. The van der Waals surface area contributed by atoms with Crippen LogP contribution in [0.25, 0.3) is 0 Å². The Bertz CT molecular complexity index is 864. The quantitative estimate of drug-likeness (QED) is 0.640. The Hall–Kier alpha value is -3.20. The third-order valence-corrected chi connectivity index (χ3v) is 3.93. The number of halogens is 2. The minimum Gasteiger partial charge on any atom is -0.497 e. The molecule has 2 aromatic rings. The number of nitrogens with one attached hydrogen (secondary N) is 1. The first-order valence-electron chi connectivity index (χ1n) is 7.48. The maximum atomic E-state index is 14.2. The Morgan fingerprint density at radius 1 is 1.31 bits per heavy atom. The molecular weight excluding hydrogens is 350 g/mol. The number of benzene rings is 2. The number of hydroxylamine groups is 1. The zero-order valence-electron chi connectivity index (χ0n) is 13.6. The average Bonchev–Trinajstić information content (AvgIpc) is 2.64. The zero-order valence-corrected chi connectivity index (χ0v) is 13.6. The number of fused-ring (bicyclic) bond motifs is 1. The molecule has 2 amide bonds. The van der Waals surface area contributed by atoms with Crippen LogP contribution in [0.15, 0.2) is 30.3 Å². The summed E-state index contributed by atoms with van der Waals surface area (Å²) in [5.74, 6) is -2.78. The highest BCUT2D eigenvalue weighted by Crippen LogP contribution is 2.35. The molecule has 2 N–H and O–H groups in total. The van der Waals surface area contributed by atoms with Crippen LogP contribution in [0, 0.1) is 11.6 Å². The molecule has 3 rings (SSSR count). The first kappa shape index (κ1) is 17.6. The number of methoxy groups -OCH3 is 1. The molecule has 0 spiro atoms. The van der Waals surface area contributed by atoms with Crippen LogP contribution in [-0.2, 0) is 11.3 Å². The second-order valence-electron chi connectivity index (χ2n) is 5.46. The fraction of sp³-hybridized carbons (Fsp3) is 0.176. The first-order valence-corrected chi connectivity index (χ1v) is 7.48. The maximum absolute atomic E-state index is 14.2. The second kappa shape index (κ2) is 6.96. The van der Waals surface area contributed by atoms with Gasteiger partial charge in [-0.2, -0.15) is 0 Å². The van der Waals surface area contributed by atoms with Crippen LogP contribution >= 0.6 is 0 Å². The van der Waals surface area contributed by atoms with Gasteiger partial charge in [0.1, 0.15) is 23.1 Å². The van der Waals surface area contributed by atoms with Crippen molar-refractivity contribution >= 4 is 17.5 Å². The standard InChI is InChI=1S/C17H14F2N2O5/c1-25-10-5-12(18)11(13(19)6-10)7-21-14-4-9(17(23)20-24)2-3-15(14)26-8-16(21)22/h2-6,24H,7-8H2,1H3,(H,20,23). The van der Waals surface area contributed by atoms with Crippen LogP contribution in [0.1, 0.15) is 15.9 Å². The minimum absolute atomic E-state index is 0.0133. The smallest absolute Gasteiger partial charge is 0.274 e. The second-order valence-corrected chi connectivity index (χ2v) is 5.46. The van der Waals surface area contributed by atoms with Gasteiger partial charge in [-0.3, -0.25) is 14.8 Å².